The van der Waals surface area contributed by atoms with Gasteiger partial charge >= 0.3 is 0 Å². The molecule has 0 aromatic rings. The third-order valence-electron chi connectivity index (χ3n) is 2.81. The van der Waals surface area contributed by atoms with Gasteiger partial charge in [-0.2, -0.15) is 0 Å². The summed E-state index contributed by atoms with van der Waals surface area (Å²) in [7, 11) is 0. The normalized spacial score (nSPS) is 11.6. The van der Waals surface area contributed by atoms with Crippen molar-refractivity contribution in [3.8, 4) is 0 Å². The van der Waals surface area contributed by atoms with Gasteiger partial charge in [-0.1, -0.05) is 53.9 Å². The first kappa shape index (κ1) is 16.5. The van der Waals surface area contributed by atoms with Crippen LogP contribution in [-0.2, 0) is 4.79 Å². The Morgan fingerprint density at radius 1 is 0.941 bits per heavy atom. The fraction of sp³-hybridized carbons (Fsp3) is 0.933. The van der Waals surface area contributed by atoms with Gasteiger partial charge in [0.1, 0.15) is 0 Å². The molecule has 0 aromatic heterocycles. The van der Waals surface area contributed by atoms with Crippen molar-refractivity contribution in [2.24, 2.45) is 5.41 Å². The highest BCUT2D eigenvalue weighted by molar-refractivity contribution is 5.76. The van der Waals surface area contributed by atoms with Gasteiger partial charge in [-0.3, -0.25) is 4.79 Å². The van der Waals surface area contributed by atoms with E-state index in [0.717, 1.165) is 25.9 Å². The average Bonchev–Trinajstić information content (AvgIpc) is 2.20. The summed E-state index contributed by atoms with van der Waals surface area (Å²) >= 11 is 0. The Labute approximate surface area is 108 Å². The quantitative estimate of drug-likeness (QED) is 0.582. The molecule has 0 aliphatic heterocycles. The van der Waals surface area contributed by atoms with Gasteiger partial charge in [0.15, 0.2) is 0 Å². The molecule has 0 heterocycles. The van der Waals surface area contributed by atoms with E-state index >= 15 is 0 Å². The number of nitrogens with zero attached hydrogens (tertiary/aromatic N) is 1. The average molecular weight is 241 g/mol. The van der Waals surface area contributed by atoms with Gasteiger partial charge in [-0.25, -0.2) is 0 Å². The SMILES string of the molecule is CCCCCCN(CCC)C(=O)CC(C)(C)C. The zero-order valence-electron chi connectivity index (χ0n) is 12.5. The number of carbonyl (C=O) groups excluding carboxylic acids is 1. The van der Waals surface area contributed by atoms with Crippen LogP contribution in [0.15, 0.2) is 0 Å². The van der Waals surface area contributed by atoms with Crippen LogP contribution in [0.4, 0.5) is 0 Å². The fourth-order valence-electron chi connectivity index (χ4n) is 1.93. The molecule has 0 N–H and O–H groups in total. The Balaban J connectivity index is 4.07. The molecule has 0 atom stereocenters. The summed E-state index contributed by atoms with van der Waals surface area (Å²) in [6, 6.07) is 0. The van der Waals surface area contributed by atoms with Gasteiger partial charge in [-0.05, 0) is 18.3 Å². The van der Waals surface area contributed by atoms with Crippen molar-refractivity contribution in [3.63, 3.8) is 0 Å². The molecule has 0 saturated heterocycles. The van der Waals surface area contributed by atoms with E-state index in [1.807, 2.05) is 0 Å². The van der Waals surface area contributed by atoms with E-state index in [1.165, 1.54) is 19.3 Å². The zero-order valence-corrected chi connectivity index (χ0v) is 12.5. The van der Waals surface area contributed by atoms with Crippen LogP contribution in [0.25, 0.3) is 0 Å². The summed E-state index contributed by atoms with van der Waals surface area (Å²) in [5.41, 5.74) is 0.104. The Morgan fingerprint density at radius 2 is 1.59 bits per heavy atom. The number of hydrogen-bond acceptors (Lipinski definition) is 1. The summed E-state index contributed by atoms with van der Waals surface area (Å²) in [5.74, 6) is 0.329. The van der Waals surface area contributed by atoms with Crippen LogP contribution in [0.2, 0.25) is 0 Å². The topological polar surface area (TPSA) is 20.3 Å². The highest BCUT2D eigenvalue weighted by Gasteiger charge is 2.20. The molecule has 0 radical (unpaired) electrons. The first-order chi connectivity index (χ1) is 7.90. The maximum atomic E-state index is 12.1. The van der Waals surface area contributed by atoms with Crippen LogP contribution < -0.4 is 0 Å². The Morgan fingerprint density at radius 3 is 2.06 bits per heavy atom. The fourth-order valence-corrected chi connectivity index (χ4v) is 1.93. The van der Waals surface area contributed by atoms with Crippen molar-refractivity contribution >= 4 is 5.91 Å². The van der Waals surface area contributed by atoms with E-state index in [9.17, 15) is 4.79 Å². The predicted molar refractivity (Wildman–Crippen MR) is 75.1 cm³/mol. The van der Waals surface area contributed by atoms with E-state index in [1.54, 1.807) is 0 Å². The number of amides is 1. The summed E-state index contributed by atoms with van der Waals surface area (Å²) in [6.45, 7) is 12.6. The van der Waals surface area contributed by atoms with Crippen LogP contribution >= 0.6 is 0 Å². The Hall–Kier alpha value is -0.530. The second kappa shape index (κ2) is 8.54. The maximum Gasteiger partial charge on any atom is 0.223 e. The zero-order chi connectivity index (χ0) is 13.3. The van der Waals surface area contributed by atoms with Crippen molar-refractivity contribution in [1.82, 2.24) is 4.90 Å². The summed E-state index contributed by atoms with van der Waals surface area (Å²) < 4.78 is 0. The van der Waals surface area contributed by atoms with Crippen LogP contribution in [0.5, 0.6) is 0 Å². The molecule has 0 rings (SSSR count). The standard InChI is InChI=1S/C15H31NO/c1-6-8-9-10-12-16(11-7-2)14(17)13-15(3,4)5/h6-13H2,1-5H3. The Bertz CT molecular complexity index is 205. The molecule has 0 saturated carbocycles. The highest BCUT2D eigenvalue weighted by Crippen LogP contribution is 2.20. The van der Waals surface area contributed by atoms with Gasteiger partial charge in [0, 0.05) is 19.5 Å². The molecule has 0 spiro atoms. The minimum Gasteiger partial charge on any atom is -0.343 e. The van der Waals surface area contributed by atoms with E-state index in [-0.39, 0.29) is 5.41 Å². The van der Waals surface area contributed by atoms with Crippen molar-refractivity contribution < 1.29 is 4.79 Å². The van der Waals surface area contributed by atoms with Crippen LogP contribution in [0, 0.1) is 5.41 Å². The lowest BCUT2D eigenvalue weighted by molar-refractivity contribution is -0.133. The molecule has 0 aliphatic rings. The van der Waals surface area contributed by atoms with Crippen molar-refractivity contribution in [1.29, 1.82) is 0 Å². The molecule has 17 heavy (non-hydrogen) atoms. The number of rotatable bonds is 8. The van der Waals surface area contributed by atoms with Gasteiger partial charge in [-0.15, -0.1) is 0 Å². The molecule has 2 heteroatoms. The van der Waals surface area contributed by atoms with E-state index in [0.29, 0.717) is 12.3 Å². The molecule has 0 aliphatic carbocycles. The highest BCUT2D eigenvalue weighted by atomic mass is 16.2. The molecule has 2 nitrogen and oxygen atoms in total. The maximum absolute atomic E-state index is 12.1. The lowest BCUT2D eigenvalue weighted by Gasteiger charge is -2.26. The smallest absolute Gasteiger partial charge is 0.223 e. The molecule has 1 amide bonds. The van der Waals surface area contributed by atoms with Crippen LogP contribution in [-0.4, -0.2) is 23.9 Å². The number of carbonyl (C=O) groups is 1. The van der Waals surface area contributed by atoms with Crippen molar-refractivity contribution in [2.45, 2.75) is 73.1 Å². The molecule has 0 aromatic carbocycles. The summed E-state index contributed by atoms with van der Waals surface area (Å²) in [6.07, 6.45) is 6.67. The largest absolute Gasteiger partial charge is 0.343 e. The minimum atomic E-state index is 0.104. The predicted octanol–water partition coefficient (Wildman–Crippen LogP) is 4.24. The van der Waals surface area contributed by atoms with E-state index < -0.39 is 0 Å². The van der Waals surface area contributed by atoms with E-state index in [2.05, 4.69) is 39.5 Å². The molecule has 0 bridgehead atoms. The van der Waals surface area contributed by atoms with Crippen molar-refractivity contribution in [3.05, 3.63) is 0 Å². The summed E-state index contributed by atoms with van der Waals surface area (Å²) in [5, 5.41) is 0. The second-order valence-electron chi connectivity index (χ2n) is 6.18. The monoisotopic (exact) mass is 241 g/mol. The van der Waals surface area contributed by atoms with Gasteiger partial charge < -0.3 is 4.90 Å². The van der Waals surface area contributed by atoms with Gasteiger partial charge in [0.2, 0.25) is 5.91 Å². The second-order valence-corrected chi connectivity index (χ2v) is 6.18. The lowest BCUT2D eigenvalue weighted by atomic mass is 9.91. The molecule has 0 fully saturated rings. The van der Waals surface area contributed by atoms with Gasteiger partial charge in [0.25, 0.3) is 0 Å². The third kappa shape index (κ3) is 9.20. The van der Waals surface area contributed by atoms with Crippen molar-refractivity contribution in [2.75, 3.05) is 13.1 Å². The number of unbranched alkanes of at least 4 members (excludes halogenated alkanes) is 3. The van der Waals surface area contributed by atoms with E-state index in [4.69, 9.17) is 0 Å². The van der Waals surface area contributed by atoms with Crippen LogP contribution in [0.1, 0.15) is 73.1 Å². The summed E-state index contributed by atoms with van der Waals surface area (Å²) in [4.78, 5) is 14.2. The third-order valence-corrected chi connectivity index (χ3v) is 2.81. The molecule has 102 valence electrons. The number of hydrogen-bond donors (Lipinski definition) is 0. The van der Waals surface area contributed by atoms with Gasteiger partial charge in [0.05, 0.1) is 0 Å². The first-order valence-electron chi connectivity index (χ1n) is 7.18. The Kier molecular flexibility index (Phi) is 8.28. The minimum absolute atomic E-state index is 0.104. The lowest BCUT2D eigenvalue weighted by Crippen LogP contribution is -2.35. The van der Waals surface area contributed by atoms with Crippen LogP contribution in [0.3, 0.4) is 0 Å². The first-order valence-corrected chi connectivity index (χ1v) is 7.18. The molecular weight excluding hydrogens is 210 g/mol. The molecule has 0 unspecified atom stereocenters. The molecular formula is C15H31NO.